The third kappa shape index (κ3) is 4.28. The standard InChI is InChI=1S/C6H11O3Si/c1-3-5-10(8)9-6(7)4-2/h4,8H,2-3,5H2,1H3. The van der Waals surface area contributed by atoms with Crippen molar-refractivity contribution in [2.75, 3.05) is 0 Å². The smallest absolute Gasteiger partial charge is 0.457 e. The second-order valence-electron chi connectivity index (χ2n) is 1.77. The molecule has 0 unspecified atom stereocenters. The lowest BCUT2D eigenvalue weighted by Crippen LogP contribution is -2.20. The van der Waals surface area contributed by atoms with Gasteiger partial charge in [0.15, 0.2) is 0 Å². The third-order valence-corrected chi connectivity index (χ3v) is 2.21. The molecule has 57 valence electrons. The second-order valence-corrected chi connectivity index (χ2v) is 3.26. The second kappa shape index (κ2) is 5.19. The maximum atomic E-state index is 10.4. The minimum absolute atomic E-state index is 0.537. The lowest BCUT2D eigenvalue weighted by Gasteiger charge is -2.03. The molecule has 1 N–H and O–H groups in total. The summed E-state index contributed by atoms with van der Waals surface area (Å²) in [6.45, 7) is 5.12. The molecule has 0 aliphatic heterocycles. The predicted octanol–water partition coefficient (Wildman–Crippen LogP) is 0.606. The van der Waals surface area contributed by atoms with E-state index < -0.39 is 15.3 Å². The Kier molecular flexibility index (Phi) is 4.88. The fourth-order valence-corrected chi connectivity index (χ4v) is 1.27. The summed E-state index contributed by atoms with van der Waals surface area (Å²) in [6, 6.07) is 0.574. The van der Waals surface area contributed by atoms with E-state index >= 15 is 0 Å². The highest BCUT2D eigenvalue weighted by Gasteiger charge is 2.12. The van der Waals surface area contributed by atoms with Crippen LogP contribution >= 0.6 is 0 Å². The van der Waals surface area contributed by atoms with Crippen molar-refractivity contribution < 1.29 is 14.0 Å². The van der Waals surface area contributed by atoms with E-state index in [0.29, 0.717) is 6.04 Å². The van der Waals surface area contributed by atoms with Gasteiger partial charge in [0.2, 0.25) is 0 Å². The van der Waals surface area contributed by atoms with Crippen LogP contribution in [0.25, 0.3) is 0 Å². The zero-order valence-corrected chi connectivity index (χ0v) is 6.96. The van der Waals surface area contributed by atoms with Gasteiger partial charge in [-0.2, -0.15) is 0 Å². The summed E-state index contributed by atoms with van der Waals surface area (Å²) >= 11 is 0. The number of carbonyl (C=O) groups excluding carboxylic acids is 1. The average Bonchev–Trinajstić information content (AvgIpc) is 1.88. The van der Waals surface area contributed by atoms with Gasteiger partial charge in [0, 0.05) is 12.1 Å². The van der Waals surface area contributed by atoms with Crippen LogP contribution in [0.4, 0.5) is 0 Å². The van der Waals surface area contributed by atoms with Crippen LogP contribution in [0.1, 0.15) is 13.3 Å². The molecule has 0 aromatic heterocycles. The summed E-state index contributed by atoms with van der Waals surface area (Å²) in [5, 5.41) is 0. The molecule has 3 nitrogen and oxygen atoms in total. The van der Waals surface area contributed by atoms with Crippen molar-refractivity contribution in [3.05, 3.63) is 12.7 Å². The Morgan fingerprint density at radius 2 is 2.50 bits per heavy atom. The Morgan fingerprint density at radius 3 is 2.90 bits per heavy atom. The van der Waals surface area contributed by atoms with Gasteiger partial charge < -0.3 is 9.22 Å². The molecular formula is C6H11O3Si. The van der Waals surface area contributed by atoms with Gasteiger partial charge in [-0.15, -0.1) is 0 Å². The molecule has 0 spiro atoms. The number of hydrogen-bond acceptors (Lipinski definition) is 3. The molecule has 10 heavy (non-hydrogen) atoms. The van der Waals surface area contributed by atoms with Gasteiger partial charge in [-0.05, 0) is 0 Å². The summed E-state index contributed by atoms with van der Waals surface area (Å²) in [7, 11) is -1.87. The first-order chi connectivity index (χ1) is 4.70. The zero-order chi connectivity index (χ0) is 7.98. The zero-order valence-electron chi connectivity index (χ0n) is 5.96. The molecule has 0 aromatic rings. The summed E-state index contributed by atoms with van der Waals surface area (Å²) < 4.78 is 4.54. The van der Waals surface area contributed by atoms with Crippen molar-refractivity contribution in [2.45, 2.75) is 19.4 Å². The number of carbonyl (C=O) groups is 1. The molecular weight excluding hydrogens is 148 g/mol. The van der Waals surface area contributed by atoms with E-state index in [1.165, 1.54) is 0 Å². The highest BCUT2D eigenvalue weighted by molar-refractivity contribution is 6.45. The molecule has 0 saturated carbocycles. The minimum atomic E-state index is -1.87. The lowest BCUT2D eigenvalue weighted by molar-refractivity contribution is -0.130. The van der Waals surface area contributed by atoms with E-state index in [1.807, 2.05) is 6.92 Å². The van der Waals surface area contributed by atoms with E-state index in [2.05, 4.69) is 11.0 Å². The summed E-state index contributed by atoms with van der Waals surface area (Å²) in [5.41, 5.74) is 0. The molecule has 4 heteroatoms. The van der Waals surface area contributed by atoms with Crippen LogP contribution in [-0.4, -0.2) is 20.0 Å². The molecule has 0 fully saturated rings. The van der Waals surface area contributed by atoms with E-state index in [9.17, 15) is 4.79 Å². The van der Waals surface area contributed by atoms with Gasteiger partial charge >= 0.3 is 15.3 Å². The normalized spacial score (nSPS) is 9.50. The van der Waals surface area contributed by atoms with Crippen LogP contribution in [0.3, 0.4) is 0 Å². The molecule has 0 rings (SSSR count). The monoisotopic (exact) mass is 159 g/mol. The maximum Gasteiger partial charge on any atom is 0.457 e. The number of rotatable bonds is 4. The van der Waals surface area contributed by atoms with Crippen molar-refractivity contribution in [1.82, 2.24) is 0 Å². The Balaban J connectivity index is 3.46. The average molecular weight is 159 g/mol. The predicted molar refractivity (Wildman–Crippen MR) is 39.4 cm³/mol. The first-order valence-corrected chi connectivity index (χ1v) is 4.66. The van der Waals surface area contributed by atoms with E-state index in [4.69, 9.17) is 4.80 Å². The molecule has 1 radical (unpaired) electrons. The van der Waals surface area contributed by atoms with Crippen LogP contribution in [0, 0.1) is 0 Å². The molecule has 0 aromatic carbocycles. The summed E-state index contributed by atoms with van der Waals surface area (Å²) in [4.78, 5) is 19.4. The van der Waals surface area contributed by atoms with Crippen LogP contribution in [0.5, 0.6) is 0 Å². The molecule has 0 saturated heterocycles. The highest BCUT2D eigenvalue weighted by atomic mass is 28.3. The maximum absolute atomic E-state index is 10.4. The first kappa shape index (κ1) is 9.39. The van der Waals surface area contributed by atoms with E-state index in [1.54, 1.807) is 0 Å². The van der Waals surface area contributed by atoms with Crippen molar-refractivity contribution in [3.63, 3.8) is 0 Å². The largest absolute Gasteiger partial charge is 0.489 e. The molecule has 0 amide bonds. The molecule has 0 bridgehead atoms. The SMILES string of the molecule is C=CC(=O)O[Si](O)CCC. The van der Waals surface area contributed by atoms with Gasteiger partial charge in [-0.25, -0.2) is 4.79 Å². The molecule has 0 aliphatic carbocycles. The molecule has 0 heterocycles. The minimum Gasteiger partial charge on any atom is -0.489 e. The van der Waals surface area contributed by atoms with Gasteiger partial charge in [0.05, 0.1) is 0 Å². The quantitative estimate of drug-likeness (QED) is 0.483. The lowest BCUT2D eigenvalue weighted by atomic mass is 10.6. The summed E-state index contributed by atoms with van der Waals surface area (Å²) in [5.74, 6) is -0.537. The number of hydrogen-bond donors (Lipinski definition) is 1. The van der Waals surface area contributed by atoms with Gasteiger partial charge in [-0.3, -0.25) is 0 Å². The third-order valence-electron chi connectivity index (χ3n) is 0.849. The van der Waals surface area contributed by atoms with Gasteiger partial charge in [0.1, 0.15) is 0 Å². The van der Waals surface area contributed by atoms with Gasteiger partial charge in [-0.1, -0.05) is 19.9 Å². The summed E-state index contributed by atoms with van der Waals surface area (Å²) in [6.07, 6.45) is 1.88. The fourth-order valence-electron chi connectivity index (χ4n) is 0.423. The fraction of sp³-hybridized carbons (Fsp3) is 0.500. The van der Waals surface area contributed by atoms with Crippen LogP contribution in [-0.2, 0) is 9.22 Å². The van der Waals surface area contributed by atoms with E-state index in [-0.39, 0.29) is 0 Å². The Bertz CT molecular complexity index is 124. The van der Waals surface area contributed by atoms with Crippen LogP contribution in [0.2, 0.25) is 6.04 Å². The van der Waals surface area contributed by atoms with Crippen molar-refractivity contribution in [3.8, 4) is 0 Å². The van der Waals surface area contributed by atoms with Crippen molar-refractivity contribution in [1.29, 1.82) is 0 Å². The van der Waals surface area contributed by atoms with E-state index in [0.717, 1.165) is 12.5 Å². The van der Waals surface area contributed by atoms with Gasteiger partial charge in [0.25, 0.3) is 0 Å². The Hall–Kier alpha value is -0.613. The van der Waals surface area contributed by atoms with Crippen LogP contribution < -0.4 is 0 Å². The first-order valence-electron chi connectivity index (χ1n) is 3.09. The molecule has 0 aliphatic rings. The van der Waals surface area contributed by atoms with Crippen molar-refractivity contribution in [2.24, 2.45) is 0 Å². The van der Waals surface area contributed by atoms with Crippen LogP contribution in [0.15, 0.2) is 12.7 Å². The Labute approximate surface area is 62.2 Å². The highest BCUT2D eigenvalue weighted by Crippen LogP contribution is 1.95. The Morgan fingerprint density at radius 1 is 1.90 bits per heavy atom. The topological polar surface area (TPSA) is 46.5 Å². The van der Waals surface area contributed by atoms with Crippen molar-refractivity contribution >= 4 is 15.3 Å². The molecule has 0 atom stereocenters.